The Hall–Kier alpha value is -4.32. The van der Waals surface area contributed by atoms with Crippen LogP contribution in [0.5, 0.6) is 17.2 Å². The van der Waals surface area contributed by atoms with Crippen LogP contribution in [0.3, 0.4) is 0 Å². The molecule has 9 nitrogen and oxygen atoms in total. The summed E-state index contributed by atoms with van der Waals surface area (Å²) >= 11 is 0. The van der Waals surface area contributed by atoms with Crippen LogP contribution in [0.4, 0.5) is 23.7 Å². The van der Waals surface area contributed by atoms with E-state index in [2.05, 4.69) is 20.9 Å². The number of anilines is 1. The number of pyridine rings is 1. The second kappa shape index (κ2) is 12.1. The highest BCUT2D eigenvalue weighted by Gasteiger charge is 2.31. The number of alkyl halides is 3. The maximum absolute atomic E-state index is 13.1. The SMILES string of the molecule is CNC(=O)c1cc(Oc2ccc(CNC(=O)Nc3cc(C(F)(F)F)ccc3OCCN)cc2C)ccn1. The predicted octanol–water partition coefficient (Wildman–Crippen LogP) is 4.22. The molecular formula is C25H26F3N5O4. The Bertz CT molecular complexity index is 1270. The molecule has 0 spiro atoms. The number of hydrogen-bond acceptors (Lipinski definition) is 6. The summed E-state index contributed by atoms with van der Waals surface area (Å²) in [6.07, 6.45) is -3.12. The third-order valence-corrected chi connectivity index (χ3v) is 5.04. The van der Waals surface area contributed by atoms with Crippen LogP contribution in [-0.2, 0) is 12.7 Å². The molecule has 37 heavy (non-hydrogen) atoms. The van der Waals surface area contributed by atoms with E-state index in [1.165, 1.54) is 19.3 Å². The zero-order chi connectivity index (χ0) is 27.0. The van der Waals surface area contributed by atoms with Gasteiger partial charge in [0.05, 0.1) is 11.3 Å². The number of amides is 3. The van der Waals surface area contributed by atoms with E-state index < -0.39 is 17.8 Å². The number of aromatic nitrogens is 1. The van der Waals surface area contributed by atoms with Gasteiger partial charge < -0.3 is 31.2 Å². The van der Waals surface area contributed by atoms with Crippen LogP contribution in [0, 0.1) is 6.92 Å². The molecule has 0 unspecified atom stereocenters. The first-order chi connectivity index (χ1) is 17.6. The van der Waals surface area contributed by atoms with Crippen LogP contribution in [0.2, 0.25) is 0 Å². The van der Waals surface area contributed by atoms with Gasteiger partial charge in [-0.3, -0.25) is 9.78 Å². The number of nitrogens with two attached hydrogens (primary N) is 1. The average molecular weight is 518 g/mol. The van der Waals surface area contributed by atoms with Crippen molar-refractivity contribution in [2.45, 2.75) is 19.6 Å². The average Bonchev–Trinajstić information content (AvgIpc) is 2.87. The fraction of sp³-hybridized carbons (Fsp3) is 0.240. The topological polar surface area (TPSA) is 128 Å². The number of ether oxygens (including phenoxy) is 2. The maximum Gasteiger partial charge on any atom is 0.416 e. The highest BCUT2D eigenvalue weighted by Crippen LogP contribution is 2.35. The normalized spacial score (nSPS) is 11.0. The molecule has 196 valence electrons. The van der Waals surface area contributed by atoms with E-state index in [4.69, 9.17) is 15.2 Å². The number of hydrogen-bond donors (Lipinski definition) is 4. The lowest BCUT2D eigenvalue weighted by Gasteiger charge is -2.16. The number of nitrogens with one attached hydrogen (secondary N) is 3. The van der Waals surface area contributed by atoms with Gasteiger partial charge in [-0.15, -0.1) is 0 Å². The summed E-state index contributed by atoms with van der Waals surface area (Å²) in [4.78, 5) is 28.2. The summed E-state index contributed by atoms with van der Waals surface area (Å²) in [5.41, 5.74) is 6.04. The number of carbonyl (C=O) groups is 2. The highest BCUT2D eigenvalue weighted by molar-refractivity contribution is 5.92. The number of carbonyl (C=O) groups excluding carboxylic acids is 2. The summed E-state index contributed by atoms with van der Waals surface area (Å²) in [5, 5.41) is 7.50. The summed E-state index contributed by atoms with van der Waals surface area (Å²) in [5.74, 6) is 0.690. The number of aryl methyl sites for hydroxylation is 1. The zero-order valence-corrected chi connectivity index (χ0v) is 20.1. The molecule has 3 aromatic rings. The number of halogens is 3. The monoisotopic (exact) mass is 517 g/mol. The lowest BCUT2D eigenvalue weighted by molar-refractivity contribution is -0.137. The second-order valence-electron chi connectivity index (χ2n) is 7.81. The Morgan fingerprint density at radius 2 is 1.81 bits per heavy atom. The van der Waals surface area contributed by atoms with E-state index >= 15 is 0 Å². The molecule has 0 aliphatic heterocycles. The van der Waals surface area contributed by atoms with E-state index in [0.29, 0.717) is 11.5 Å². The summed E-state index contributed by atoms with van der Waals surface area (Å²) in [7, 11) is 1.50. The van der Waals surface area contributed by atoms with Gasteiger partial charge in [0.15, 0.2) is 0 Å². The van der Waals surface area contributed by atoms with Crippen molar-refractivity contribution in [1.29, 1.82) is 0 Å². The first kappa shape index (κ1) is 27.3. The zero-order valence-electron chi connectivity index (χ0n) is 20.1. The Kier molecular flexibility index (Phi) is 8.90. The van der Waals surface area contributed by atoms with Crippen LogP contribution in [0.15, 0.2) is 54.7 Å². The van der Waals surface area contributed by atoms with E-state index in [1.54, 1.807) is 24.3 Å². The van der Waals surface area contributed by atoms with Gasteiger partial charge in [0, 0.05) is 32.4 Å². The molecule has 0 aliphatic rings. The molecule has 0 bridgehead atoms. The van der Waals surface area contributed by atoms with Crippen molar-refractivity contribution >= 4 is 17.6 Å². The molecule has 0 fully saturated rings. The van der Waals surface area contributed by atoms with Gasteiger partial charge in [0.25, 0.3) is 5.91 Å². The summed E-state index contributed by atoms with van der Waals surface area (Å²) < 4.78 is 50.6. The molecule has 0 aliphatic carbocycles. The van der Waals surface area contributed by atoms with E-state index in [9.17, 15) is 22.8 Å². The number of nitrogens with zero attached hydrogens (tertiary/aromatic N) is 1. The van der Waals surface area contributed by atoms with Crippen LogP contribution < -0.4 is 31.2 Å². The molecule has 1 heterocycles. The molecule has 3 rings (SSSR count). The van der Waals surface area contributed by atoms with Crippen molar-refractivity contribution in [3.05, 3.63) is 77.1 Å². The number of benzene rings is 2. The minimum atomic E-state index is -4.58. The second-order valence-corrected chi connectivity index (χ2v) is 7.81. The molecule has 3 amide bonds. The fourth-order valence-corrected chi connectivity index (χ4v) is 3.24. The van der Waals surface area contributed by atoms with Gasteiger partial charge in [-0.25, -0.2) is 4.79 Å². The molecule has 0 atom stereocenters. The lowest BCUT2D eigenvalue weighted by Crippen LogP contribution is -2.28. The molecule has 5 N–H and O–H groups in total. The minimum absolute atomic E-state index is 0.0710. The predicted molar refractivity (Wildman–Crippen MR) is 131 cm³/mol. The quantitative estimate of drug-likeness (QED) is 0.337. The summed E-state index contributed by atoms with van der Waals surface area (Å²) in [6.45, 7) is 2.13. The van der Waals surface area contributed by atoms with E-state index in [-0.39, 0.29) is 42.7 Å². The number of rotatable bonds is 9. The molecule has 1 aromatic heterocycles. The molecule has 2 aromatic carbocycles. The van der Waals surface area contributed by atoms with Gasteiger partial charge in [-0.2, -0.15) is 13.2 Å². The maximum atomic E-state index is 13.1. The fourth-order valence-electron chi connectivity index (χ4n) is 3.24. The van der Waals surface area contributed by atoms with Crippen molar-refractivity contribution in [2.24, 2.45) is 5.73 Å². The first-order valence-corrected chi connectivity index (χ1v) is 11.1. The van der Waals surface area contributed by atoms with Gasteiger partial charge in [0.1, 0.15) is 29.5 Å². The van der Waals surface area contributed by atoms with Gasteiger partial charge >= 0.3 is 12.2 Å². The Morgan fingerprint density at radius 1 is 1.05 bits per heavy atom. The summed E-state index contributed by atoms with van der Waals surface area (Å²) in [6, 6.07) is 10.4. The molecular weight excluding hydrogens is 491 g/mol. The number of urea groups is 1. The molecule has 0 saturated heterocycles. The van der Waals surface area contributed by atoms with E-state index in [1.807, 2.05) is 6.92 Å². The molecule has 0 saturated carbocycles. The van der Waals surface area contributed by atoms with Crippen LogP contribution in [-0.4, -0.2) is 37.1 Å². The van der Waals surface area contributed by atoms with Gasteiger partial charge in [-0.05, 0) is 48.4 Å². The standard InChI is InChI=1S/C25H26F3N5O4/c1-15-11-16(3-5-21(15)37-18-7-9-31-20(13-18)23(34)30-2)14-32-24(35)33-19-12-17(25(26,27)28)4-6-22(19)36-10-8-29/h3-7,9,11-13H,8,10,14,29H2,1-2H3,(H,30,34)(H2,32,33,35). The molecule has 0 radical (unpaired) electrons. The van der Waals surface area contributed by atoms with Crippen LogP contribution in [0.1, 0.15) is 27.2 Å². The Morgan fingerprint density at radius 3 is 2.49 bits per heavy atom. The minimum Gasteiger partial charge on any atom is -0.490 e. The van der Waals surface area contributed by atoms with Gasteiger partial charge in [0.2, 0.25) is 0 Å². The van der Waals surface area contributed by atoms with E-state index in [0.717, 1.165) is 29.3 Å². The van der Waals surface area contributed by atoms with Gasteiger partial charge in [-0.1, -0.05) is 12.1 Å². The van der Waals surface area contributed by atoms with Crippen molar-refractivity contribution in [3.8, 4) is 17.2 Å². The third kappa shape index (κ3) is 7.58. The first-order valence-electron chi connectivity index (χ1n) is 11.1. The third-order valence-electron chi connectivity index (χ3n) is 5.04. The molecule has 12 heteroatoms. The van der Waals surface area contributed by atoms with Crippen LogP contribution in [0.25, 0.3) is 0 Å². The van der Waals surface area contributed by atoms with Crippen molar-refractivity contribution < 1.29 is 32.2 Å². The Balaban J connectivity index is 1.65. The smallest absolute Gasteiger partial charge is 0.416 e. The van der Waals surface area contributed by atoms with Crippen molar-refractivity contribution in [3.63, 3.8) is 0 Å². The largest absolute Gasteiger partial charge is 0.490 e. The highest BCUT2D eigenvalue weighted by atomic mass is 19.4. The van der Waals surface area contributed by atoms with Crippen molar-refractivity contribution in [1.82, 2.24) is 15.6 Å². The lowest BCUT2D eigenvalue weighted by atomic mass is 10.1. The van der Waals surface area contributed by atoms with Crippen LogP contribution >= 0.6 is 0 Å². The van der Waals surface area contributed by atoms with Crippen molar-refractivity contribution in [2.75, 3.05) is 25.5 Å². The Labute approximate surface area is 211 Å².